The van der Waals surface area contributed by atoms with Crippen LogP contribution in [0.5, 0.6) is 0 Å². The van der Waals surface area contributed by atoms with E-state index in [0.29, 0.717) is 12.5 Å². The molecule has 1 heterocycles. The van der Waals surface area contributed by atoms with Gasteiger partial charge in [-0.15, -0.1) is 0 Å². The molecule has 1 saturated carbocycles. The summed E-state index contributed by atoms with van der Waals surface area (Å²) in [4.78, 5) is 14.7. The third-order valence-corrected chi connectivity index (χ3v) is 4.72. The summed E-state index contributed by atoms with van der Waals surface area (Å²) in [5.41, 5.74) is 5.61. The molecule has 0 aromatic rings. The zero-order chi connectivity index (χ0) is 13.0. The largest absolute Gasteiger partial charge is 0.355 e. The number of carbonyl (C=O) groups is 1. The van der Waals surface area contributed by atoms with Crippen LogP contribution in [0.3, 0.4) is 0 Å². The molecule has 0 aromatic heterocycles. The first-order valence-corrected chi connectivity index (χ1v) is 7.33. The van der Waals surface area contributed by atoms with Crippen molar-refractivity contribution < 1.29 is 4.79 Å². The van der Waals surface area contributed by atoms with E-state index in [1.54, 1.807) is 0 Å². The third-order valence-electron chi connectivity index (χ3n) is 4.72. The van der Waals surface area contributed by atoms with Crippen LogP contribution in [0.25, 0.3) is 0 Å². The van der Waals surface area contributed by atoms with Crippen molar-refractivity contribution in [1.29, 1.82) is 0 Å². The molecule has 0 radical (unpaired) electrons. The van der Waals surface area contributed by atoms with Crippen LogP contribution in [0.4, 0.5) is 0 Å². The molecule has 104 valence electrons. The summed E-state index contributed by atoms with van der Waals surface area (Å²) in [6, 6.07) is 0. The highest BCUT2D eigenvalue weighted by molar-refractivity contribution is 5.83. The van der Waals surface area contributed by atoms with Crippen LogP contribution >= 0.6 is 0 Å². The predicted molar refractivity (Wildman–Crippen MR) is 73.2 cm³/mol. The van der Waals surface area contributed by atoms with Crippen LogP contribution in [-0.4, -0.2) is 44.0 Å². The Hall–Kier alpha value is -0.610. The van der Waals surface area contributed by atoms with E-state index in [-0.39, 0.29) is 11.3 Å². The number of nitrogens with two attached hydrogens (primary N) is 1. The second kappa shape index (κ2) is 6.02. The SMILES string of the molecule is CN1CCC(CNC(=O)C2(CN)CCCCC2)C1. The fraction of sp³-hybridized carbons (Fsp3) is 0.929. The number of rotatable bonds is 4. The average Bonchev–Trinajstić information content (AvgIpc) is 2.82. The maximum absolute atomic E-state index is 12.4. The summed E-state index contributed by atoms with van der Waals surface area (Å²) in [7, 11) is 2.14. The smallest absolute Gasteiger partial charge is 0.227 e. The lowest BCUT2D eigenvalue weighted by molar-refractivity contribution is -0.132. The maximum Gasteiger partial charge on any atom is 0.227 e. The molecule has 1 unspecified atom stereocenters. The quantitative estimate of drug-likeness (QED) is 0.785. The Morgan fingerprint density at radius 3 is 2.67 bits per heavy atom. The van der Waals surface area contributed by atoms with Crippen molar-refractivity contribution in [2.75, 3.05) is 33.2 Å². The summed E-state index contributed by atoms with van der Waals surface area (Å²) >= 11 is 0. The van der Waals surface area contributed by atoms with Gasteiger partial charge in [0, 0.05) is 19.6 Å². The van der Waals surface area contributed by atoms with E-state index in [9.17, 15) is 4.79 Å². The molecular formula is C14H27N3O. The van der Waals surface area contributed by atoms with Gasteiger partial charge in [0.05, 0.1) is 5.41 Å². The standard InChI is InChI=1S/C14H27N3O/c1-17-8-5-12(10-17)9-16-13(18)14(11-15)6-3-2-4-7-14/h12H,2-11,15H2,1H3,(H,16,18). The molecule has 1 saturated heterocycles. The van der Waals surface area contributed by atoms with Crippen molar-refractivity contribution in [3.05, 3.63) is 0 Å². The summed E-state index contributed by atoms with van der Waals surface area (Å²) in [5, 5.41) is 3.16. The lowest BCUT2D eigenvalue weighted by Crippen LogP contribution is -2.48. The van der Waals surface area contributed by atoms with Crippen molar-refractivity contribution >= 4 is 5.91 Å². The molecule has 2 rings (SSSR count). The van der Waals surface area contributed by atoms with Gasteiger partial charge in [-0.05, 0) is 38.8 Å². The lowest BCUT2D eigenvalue weighted by atomic mass is 9.73. The Labute approximate surface area is 110 Å². The van der Waals surface area contributed by atoms with Gasteiger partial charge in [0.25, 0.3) is 0 Å². The van der Waals surface area contributed by atoms with Crippen LogP contribution in [0.2, 0.25) is 0 Å². The Bertz CT molecular complexity index is 287. The predicted octanol–water partition coefficient (Wildman–Crippen LogP) is 0.964. The molecule has 1 atom stereocenters. The third kappa shape index (κ3) is 3.04. The molecule has 2 aliphatic rings. The number of nitrogens with zero attached hydrogens (tertiary/aromatic N) is 1. The van der Waals surface area contributed by atoms with Crippen LogP contribution < -0.4 is 11.1 Å². The molecular weight excluding hydrogens is 226 g/mol. The first kappa shape index (κ1) is 13.8. The van der Waals surface area contributed by atoms with Crippen molar-refractivity contribution in [2.24, 2.45) is 17.1 Å². The lowest BCUT2D eigenvalue weighted by Gasteiger charge is -2.35. The molecule has 1 amide bonds. The van der Waals surface area contributed by atoms with E-state index in [1.165, 1.54) is 12.8 Å². The van der Waals surface area contributed by atoms with Crippen molar-refractivity contribution in [3.8, 4) is 0 Å². The van der Waals surface area contributed by atoms with E-state index in [2.05, 4.69) is 17.3 Å². The van der Waals surface area contributed by atoms with E-state index in [4.69, 9.17) is 5.73 Å². The Morgan fingerprint density at radius 1 is 1.39 bits per heavy atom. The second-order valence-corrected chi connectivity index (χ2v) is 6.17. The number of carbonyl (C=O) groups excluding carboxylic acids is 1. The molecule has 1 aliphatic heterocycles. The molecule has 4 nitrogen and oxygen atoms in total. The van der Waals surface area contributed by atoms with Gasteiger partial charge in [-0.3, -0.25) is 4.79 Å². The van der Waals surface area contributed by atoms with Crippen LogP contribution in [0, 0.1) is 11.3 Å². The number of hydrogen-bond donors (Lipinski definition) is 2. The minimum absolute atomic E-state index is 0.208. The van der Waals surface area contributed by atoms with Crippen LogP contribution in [0.15, 0.2) is 0 Å². The minimum atomic E-state index is -0.261. The first-order chi connectivity index (χ1) is 8.66. The van der Waals surface area contributed by atoms with Crippen LogP contribution in [0.1, 0.15) is 38.5 Å². The van der Waals surface area contributed by atoms with E-state index in [0.717, 1.165) is 45.3 Å². The van der Waals surface area contributed by atoms with Crippen LogP contribution in [-0.2, 0) is 4.79 Å². The highest BCUT2D eigenvalue weighted by Crippen LogP contribution is 2.35. The van der Waals surface area contributed by atoms with Crippen molar-refractivity contribution in [1.82, 2.24) is 10.2 Å². The number of hydrogen-bond acceptors (Lipinski definition) is 3. The maximum atomic E-state index is 12.4. The zero-order valence-corrected chi connectivity index (χ0v) is 11.6. The van der Waals surface area contributed by atoms with E-state index >= 15 is 0 Å². The number of nitrogens with one attached hydrogen (secondary N) is 1. The Morgan fingerprint density at radius 2 is 2.11 bits per heavy atom. The number of amides is 1. The van der Waals surface area contributed by atoms with E-state index in [1.807, 2.05) is 0 Å². The highest BCUT2D eigenvalue weighted by Gasteiger charge is 2.38. The average molecular weight is 253 g/mol. The van der Waals surface area contributed by atoms with Gasteiger partial charge in [-0.25, -0.2) is 0 Å². The molecule has 18 heavy (non-hydrogen) atoms. The topological polar surface area (TPSA) is 58.4 Å². The Kier molecular flexibility index (Phi) is 4.62. The molecule has 2 fully saturated rings. The molecule has 3 N–H and O–H groups in total. The fourth-order valence-electron chi connectivity index (χ4n) is 3.37. The van der Waals surface area contributed by atoms with Crippen molar-refractivity contribution in [2.45, 2.75) is 38.5 Å². The first-order valence-electron chi connectivity index (χ1n) is 7.33. The van der Waals surface area contributed by atoms with Gasteiger partial charge in [0.1, 0.15) is 0 Å². The number of likely N-dealkylation sites (tertiary alicyclic amines) is 1. The molecule has 4 heteroatoms. The van der Waals surface area contributed by atoms with Gasteiger partial charge in [-0.2, -0.15) is 0 Å². The minimum Gasteiger partial charge on any atom is -0.355 e. The second-order valence-electron chi connectivity index (χ2n) is 6.17. The molecule has 0 bridgehead atoms. The fourth-order valence-corrected chi connectivity index (χ4v) is 3.37. The molecule has 0 aromatic carbocycles. The van der Waals surface area contributed by atoms with Gasteiger partial charge < -0.3 is 16.0 Å². The zero-order valence-electron chi connectivity index (χ0n) is 11.6. The van der Waals surface area contributed by atoms with Gasteiger partial charge in [0.15, 0.2) is 0 Å². The van der Waals surface area contributed by atoms with Gasteiger partial charge in [0.2, 0.25) is 5.91 Å². The highest BCUT2D eigenvalue weighted by atomic mass is 16.2. The van der Waals surface area contributed by atoms with E-state index < -0.39 is 0 Å². The summed E-state index contributed by atoms with van der Waals surface area (Å²) in [5.74, 6) is 0.830. The monoisotopic (exact) mass is 253 g/mol. The van der Waals surface area contributed by atoms with Crippen molar-refractivity contribution in [3.63, 3.8) is 0 Å². The normalized spacial score (nSPS) is 28.2. The molecule has 1 aliphatic carbocycles. The summed E-state index contributed by atoms with van der Waals surface area (Å²) in [6.45, 7) is 3.59. The van der Waals surface area contributed by atoms with Gasteiger partial charge >= 0.3 is 0 Å². The Balaban J connectivity index is 1.82. The molecule has 0 spiro atoms. The van der Waals surface area contributed by atoms with Gasteiger partial charge in [-0.1, -0.05) is 19.3 Å². The summed E-state index contributed by atoms with van der Waals surface area (Å²) < 4.78 is 0. The summed E-state index contributed by atoms with van der Waals surface area (Å²) in [6.07, 6.45) is 6.70.